The third-order valence-corrected chi connectivity index (χ3v) is 15.5. The molecule has 0 radical (unpaired) electrons. The zero-order valence-corrected chi connectivity index (χ0v) is 52.9. The molecule has 0 aromatic carbocycles. The van der Waals surface area contributed by atoms with E-state index >= 15 is 0 Å². The predicted molar refractivity (Wildman–Crippen MR) is 344 cm³/mol. The van der Waals surface area contributed by atoms with Crippen LogP contribution in [0, 0.1) is 0 Å². The van der Waals surface area contributed by atoms with Crippen molar-refractivity contribution in [2.24, 2.45) is 0 Å². The van der Waals surface area contributed by atoms with Crippen LogP contribution >= 0.6 is 0 Å². The molecule has 0 saturated heterocycles. The molecule has 79 heavy (non-hydrogen) atoms. The molecule has 1 atom stereocenters. The highest BCUT2D eigenvalue weighted by Crippen LogP contribution is 2.18. The molecule has 0 bridgehead atoms. The van der Waals surface area contributed by atoms with Crippen molar-refractivity contribution in [2.45, 2.75) is 374 Å². The summed E-state index contributed by atoms with van der Waals surface area (Å²) in [5, 5.41) is 0. The summed E-state index contributed by atoms with van der Waals surface area (Å²) in [6.45, 7) is 6.62. The van der Waals surface area contributed by atoms with Gasteiger partial charge in [-0.2, -0.15) is 0 Å². The van der Waals surface area contributed by atoms with Crippen LogP contribution in [0.5, 0.6) is 0 Å². The van der Waals surface area contributed by atoms with Crippen molar-refractivity contribution in [1.29, 1.82) is 0 Å². The molecule has 0 heterocycles. The van der Waals surface area contributed by atoms with Crippen molar-refractivity contribution in [1.82, 2.24) is 0 Å². The van der Waals surface area contributed by atoms with Crippen LogP contribution in [-0.2, 0) is 28.6 Å². The normalized spacial score (nSPS) is 12.4. The number of esters is 3. The zero-order chi connectivity index (χ0) is 57.1. The first-order valence-corrected chi connectivity index (χ1v) is 34.8. The Morgan fingerprint density at radius 1 is 0.253 bits per heavy atom. The fourth-order valence-electron chi connectivity index (χ4n) is 10.2. The Morgan fingerprint density at radius 3 is 0.709 bits per heavy atom. The molecule has 0 saturated carbocycles. The average Bonchev–Trinajstić information content (AvgIpc) is 3.45. The number of hydrogen-bond acceptors (Lipinski definition) is 6. The predicted octanol–water partition coefficient (Wildman–Crippen LogP) is 23.9. The van der Waals surface area contributed by atoms with Gasteiger partial charge >= 0.3 is 17.9 Å². The lowest BCUT2D eigenvalue weighted by atomic mass is 10.0. The molecule has 0 rings (SSSR count). The Morgan fingerprint density at radius 2 is 0.456 bits per heavy atom. The number of rotatable bonds is 64. The summed E-state index contributed by atoms with van der Waals surface area (Å²) in [7, 11) is 0. The summed E-state index contributed by atoms with van der Waals surface area (Å²) in [5.41, 5.74) is 0. The number of allylic oxidation sites excluding steroid dienone is 10. The molecule has 460 valence electrons. The van der Waals surface area contributed by atoms with Crippen molar-refractivity contribution in [3.05, 3.63) is 60.8 Å². The van der Waals surface area contributed by atoms with Crippen molar-refractivity contribution < 1.29 is 28.6 Å². The summed E-state index contributed by atoms with van der Waals surface area (Å²) in [5.74, 6) is -0.863. The maximum Gasteiger partial charge on any atom is 0.306 e. The Hall–Kier alpha value is -2.89. The molecule has 0 aliphatic carbocycles. The van der Waals surface area contributed by atoms with Crippen LogP contribution in [-0.4, -0.2) is 37.2 Å². The minimum Gasteiger partial charge on any atom is -0.462 e. The van der Waals surface area contributed by atoms with Gasteiger partial charge in [0.05, 0.1) is 0 Å². The Labute approximate surface area is 491 Å². The van der Waals surface area contributed by atoms with Gasteiger partial charge in [-0.1, -0.05) is 319 Å². The highest BCUT2D eigenvalue weighted by atomic mass is 16.6. The van der Waals surface area contributed by atoms with Gasteiger partial charge in [-0.25, -0.2) is 0 Å². The van der Waals surface area contributed by atoms with E-state index in [0.29, 0.717) is 19.3 Å². The van der Waals surface area contributed by atoms with Gasteiger partial charge in [0.25, 0.3) is 0 Å². The molecule has 6 nitrogen and oxygen atoms in total. The fourth-order valence-corrected chi connectivity index (χ4v) is 10.2. The van der Waals surface area contributed by atoms with Gasteiger partial charge in [0.2, 0.25) is 0 Å². The maximum absolute atomic E-state index is 12.9. The lowest BCUT2D eigenvalue weighted by Gasteiger charge is -2.18. The summed E-state index contributed by atoms with van der Waals surface area (Å²) in [4.78, 5) is 38.2. The molecule has 6 heteroatoms. The summed E-state index contributed by atoms with van der Waals surface area (Å²) in [6, 6.07) is 0. The third kappa shape index (κ3) is 65.8. The Kier molecular flexibility index (Phi) is 65.1. The molecule has 0 fully saturated rings. The van der Waals surface area contributed by atoms with E-state index in [2.05, 4.69) is 81.5 Å². The van der Waals surface area contributed by atoms with E-state index in [4.69, 9.17) is 14.2 Å². The second kappa shape index (κ2) is 67.6. The van der Waals surface area contributed by atoms with Crippen LogP contribution in [0.1, 0.15) is 367 Å². The molecule has 0 aromatic rings. The van der Waals surface area contributed by atoms with Crippen LogP contribution in [0.2, 0.25) is 0 Å². The van der Waals surface area contributed by atoms with E-state index in [-0.39, 0.29) is 31.1 Å². The Balaban J connectivity index is 4.06. The van der Waals surface area contributed by atoms with Gasteiger partial charge in [-0.15, -0.1) is 0 Å². The number of carbonyl (C=O) groups is 3. The minimum atomic E-state index is -0.773. The van der Waals surface area contributed by atoms with Crippen LogP contribution in [0.15, 0.2) is 60.8 Å². The van der Waals surface area contributed by atoms with E-state index < -0.39 is 6.10 Å². The SMILES string of the molecule is CCCCCCC/C=C\C/C=C\C/C=C\CCCCCCCCCCCCC(=O)OC(COC(=O)CCCCCCCCC)COC(=O)CCCCCCCCCCCCCCCCCCC/C=C\C/C=C\CCCCCCC. The van der Waals surface area contributed by atoms with Gasteiger partial charge in [0.15, 0.2) is 6.10 Å². The first kappa shape index (κ1) is 76.1. The quantitative estimate of drug-likeness (QED) is 0.0261. The lowest BCUT2D eigenvalue weighted by molar-refractivity contribution is -0.167. The second-order valence-corrected chi connectivity index (χ2v) is 23.4. The number of unbranched alkanes of at least 4 members (excludes halogenated alkanes) is 43. The standard InChI is InChI=1S/C73H132O6/c1-4-7-10-13-16-18-20-22-24-26-28-30-32-34-35-36-37-39-40-42-44-46-48-50-52-54-57-60-63-66-72(75)78-69-70(68-77-71(74)65-62-59-56-15-12-9-6-3)79-73(76)67-64-61-58-55-53-51-49-47-45-43-41-38-33-31-29-27-25-23-21-19-17-14-11-8-5-2/h20-23,26-29,33,38,70H,4-19,24-25,30-32,34-37,39-69H2,1-3H3/b22-20-,23-21-,28-26-,29-27-,38-33-. The van der Waals surface area contributed by atoms with Gasteiger partial charge in [0, 0.05) is 19.3 Å². The number of ether oxygens (including phenoxy) is 3. The fraction of sp³-hybridized carbons (Fsp3) is 0.822. The molecule has 0 N–H and O–H groups in total. The highest BCUT2D eigenvalue weighted by molar-refractivity contribution is 5.71. The van der Waals surface area contributed by atoms with Crippen molar-refractivity contribution >= 4 is 17.9 Å². The van der Waals surface area contributed by atoms with Crippen molar-refractivity contribution in [2.75, 3.05) is 13.2 Å². The summed E-state index contributed by atoms with van der Waals surface area (Å²) >= 11 is 0. The molecule has 0 aliphatic rings. The first-order chi connectivity index (χ1) is 39.0. The Bertz CT molecular complexity index is 1410. The van der Waals surface area contributed by atoms with Crippen molar-refractivity contribution in [3.63, 3.8) is 0 Å². The monoisotopic (exact) mass is 1110 g/mol. The molecule has 0 amide bonds. The minimum absolute atomic E-state index is 0.0719. The molecule has 0 aromatic heterocycles. The van der Waals surface area contributed by atoms with E-state index in [1.54, 1.807) is 0 Å². The van der Waals surface area contributed by atoms with E-state index in [9.17, 15) is 14.4 Å². The summed E-state index contributed by atoms with van der Waals surface area (Å²) in [6.07, 6.45) is 87.0. The van der Waals surface area contributed by atoms with E-state index in [0.717, 1.165) is 77.0 Å². The third-order valence-electron chi connectivity index (χ3n) is 15.5. The maximum atomic E-state index is 12.9. The smallest absolute Gasteiger partial charge is 0.306 e. The zero-order valence-electron chi connectivity index (χ0n) is 52.9. The largest absolute Gasteiger partial charge is 0.462 e. The number of carbonyl (C=O) groups excluding carboxylic acids is 3. The van der Waals surface area contributed by atoms with Gasteiger partial charge in [0.1, 0.15) is 13.2 Å². The topological polar surface area (TPSA) is 78.9 Å². The van der Waals surface area contributed by atoms with Gasteiger partial charge in [-0.05, 0) is 89.9 Å². The van der Waals surface area contributed by atoms with Crippen LogP contribution in [0.3, 0.4) is 0 Å². The lowest BCUT2D eigenvalue weighted by Crippen LogP contribution is -2.30. The molecule has 0 spiro atoms. The van der Waals surface area contributed by atoms with Crippen molar-refractivity contribution in [3.8, 4) is 0 Å². The molecular formula is C73H132O6. The average molecular weight is 1110 g/mol. The van der Waals surface area contributed by atoms with E-state index in [1.807, 2.05) is 0 Å². The molecular weight excluding hydrogens is 973 g/mol. The second-order valence-electron chi connectivity index (χ2n) is 23.4. The van der Waals surface area contributed by atoms with E-state index in [1.165, 1.54) is 250 Å². The highest BCUT2D eigenvalue weighted by Gasteiger charge is 2.19. The molecule has 0 aliphatic heterocycles. The molecule has 1 unspecified atom stereocenters. The number of hydrogen-bond donors (Lipinski definition) is 0. The summed E-state index contributed by atoms with van der Waals surface area (Å²) < 4.78 is 16.9. The first-order valence-electron chi connectivity index (χ1n) is 34.8. The van der Waals surface area contributed by atoms with Crippen LogP contribution in [0.4, 0.5) is 0 Å². The van der Waals surface area contributed by atoms with Crippen LogP contribution < -0.4 is 0 Å². The van der Waals surface area contributed by atoms with Crippen LogP contribution in [0.25, 0.3) is 0 Å². The van der Waals surface area contributed by atoms with Gasteiger partial charge in [-0.3, -0.25) is 14.4 Å². The van der Waals surface area contributed by atoms with Gasteiger partial charge < -0.3 is 14.2 Å².